The molecular weight excluding hydrogens is 194 g/mol. The fourth-order valence-electron chi connectivity index (χ4n) is 2.00. The van der Waals surface area contributed by atoms with Crippen LogP contribution in [0.15, 0.2) is 49.1 Å². The van der Waals surface area contributed by atoms with E-state index in [9.17, 15) is 0 Å². The highest BCUT2D eigenvalue weighted by atomic mass is 15.1. The first-order chi connectivity index (χ1) is 7.61. The summed E-state index contributed by atoms with van der Waals surface area (Å²) in [4.78, 5) is 2.11. The Balaban J connectivity index is 2.46. The number of benzene rings is 1. The fraction of sp³-hybridized carbons (Fsp3) is 0.200. The van der Waals surface area contributed by atoms with Crippen LogP contribution >= 0.6 is 0 Å². The van der Waals surface area contributed by atoms with Gasteiger partial charge in [0.25, 0.3) is 0 Å². The number of hydrogen-bond acceptors (Lipinski definition) is 1. The van der Waals surface area contributed by atoms with E-state index in [4.69, 9.17) is 0 Å². The van der Waals surface area contributed by atoms with E-state index < -0.39 is 0 Å². The third-order valence-electron chi connectivity index (χ3n) is 2.97. The second-order valence-electron chi connectivity index (χ2n) is 4.36. The van der Waals surface area contributed by atoms with Crippen LogP contribution in [0.5, 0.6) is 0 Å². The van der Waals surface area contributed by atoms with Gasteiger partial charge in [0.15, 0.2) is 0 Å². The normalized spacial score (nSPS) is 14.1. The number of allylic oxidation sites excluding steroid dienone is 4. The van der Waals surface area contributed by atoms with E-state index in [1.54, 1.807) is 0 Å². The fourth-order valence-corrected chi connectivity index (χ4v) is 2.00. The third kappa shape index (κ3) is 1.81. The zero-order valence-electron chi connectivity index (χ0n) is 9.96. The van der Waals surface area contributed by atoms with E-state index in [2.05, 4.69) is 56.4 Å². The van der Waals surface area contributed by atoms with Gasteiger partial charge in [-0.3, -0.25) is 0 Å². The lowest BCUT2D eigenvalue weighted by Crippen LogP contribution is -2.10. The Morgan fingerprint density at radius 3 is 2.69 bits per heavy atom. The van der Waals surface area contributed by atoms with Crippen molar-refractivity contribution in [2.24, 2.45) is 0 Å². The number of rotatable bonds is 2. The van der Waals surface area contributed by atoms with Crippen molar-refractivity contribution < 1.29 is 0 Å². The maximum absolute atomic E-state index is 4.11. The minimum atomic E-state index is 0.964. The van der Waals surface area contributed by atoms with Crippen molar-refractivity contribution >= 4 is 11.3 Å². The van der Waals surface area contributed by atoms with Crippen molar-refractivity contribution in [2.45, 2.75) is 6.42 Å². The van der Waals surface area contributed by atoms with E-state index in [0.29, 0.717) is 0 Å². The molecule has 1 aliphatic carbocycles. The quantitative estimate of drug-likeness (QED) is 0.724. The summed E-state index contributed by atoms with van der Waals surface area (Å²) in [5.74, 6) is 0. The molecule has 1 aliphatic rings. The van der Waals surface area contributed by atoms with Crippen LogP contribution in [-0.4, -0.2) is 14.1 Å². The standard InChI is InChI=1S/C15H17N/c1-5-12-8-11(2)15-10-14(16(3)4)7-6-13(15)9-12/h5-8,10H,1-2,9H2,3-4H3. The van der Waals surface area contributed by atoms with Gasteiger partial charge in [-0.15, -0.1) is 0 Å². The van der Waals surface area contributed by atoms with Gasteiger partial charge in [0.2, 0.25) is 0 Å². The first-order valence-corrected chi connectivity index (χ1v) is 5.44. The predicted molar refractivity (Wildman–Crippen MR) is 71.8 cm³/mol. The molecule has 82 valence electrons. The molecule has 1 aromatic carbocycles. The van der Waals surface area contributed by atoms with E-state index in [1.165, 1.54) is 22.4 Å². The van der Waals surface area contributed by atoms with Gasteiger partial charge < -0.3 is 4.90 Å². The van der Waals surface area contributed by atoms with Crippen molar-refractivity contribution in [3.8, 4) is 0 Å². The number of hydrogen-bond donors (Lipinski definition) is 0. The monoisotopic (exact) mass is 211 g/mol. The van der Waals surface area contributed by atoms with Crippen molar-refractivity contribution in [1.29, 1.82) is 0 Å². The Hall–Kier alpha value is -1.76. The highest BCUT2D eigenvalue weighted by Gasteiger charge is 2.13. The minimum absolute atomic E-state index is 0.964. The summed E-state index contributed by atoms with van der Waals surface area (Å²) in [5, 5.41) is 0. The number of nitrogens with zero attached hydrogens (tertiary/aromatic N) is 1. The molecule has 0 saturated carbocycles. The molecule has 1 nitrogen and oxygen atoms in total. The molecule has 0 amide bonds. The van der Waals surface area contributed by atoms with Gasteiger partial charge >= 0.3 is 0 Å². The molecule has 1 aromatic rings. The van der Waals surface area contributed by atoms with Gasteiger partial charge in [-0.2, -0.15) is 0 Å². The van der Waals surface area contributed by atoms with Crippen molar-refractivity contribution in [1.82, 2.24) is 0 Å². The molecule has 2 rings (SSSR count). The molecule has 0 aromatic heterocycles. The number of fused-ring (bicyclic) bond motifs is 1. The molecule has 16 heavy (non-hydrogen) atoms. The van der Waals surface area contributed by atoms with Crippen LogP contribution in [0.1, 0.15) is 11.1 Å². The van der Waals surface area contributed by atoms with Crippen LogP contribution in [0, 0.1) is 0 Å². The molecule has 0 unspecified atom stereocenters. The van der Waals surface area contributed by atoms with Gasteiger partial charge in [0.05, 0.1) is 0 Å². The topological polar surface area (TPSA) is 3.24 Å². The zero-order chi connectivity index (χ0) is 11.7. The van der Waals surface area contributed by atoms with Gasteiger partial charge in [-0.05, 0) is 40.8 Å². The summed E-state index contributed by atoms with van der Waals surface area (Å²) in [7, 11) is 4.11. The van der Waals surface area contributed by atoms with Gasteiger partial charge in [-0.25, -0.2) is 0 Å². The maximum atomic E-state index is 4.11. The molecule has 0 aliphatic heterocycles. The van der Waals surface area contributed by atoms with Crippen molar-refractivity contribution in [2.75, 3.05) is 19.0 Å². The molecule has 0 saturated heterocycles. The second-order valence-corrected chi connectivity index (χ2v) is 4.36. The third-order valence-corrected chi connectivity index (χ3v) is 2.97. The first-order valence-electron chi connectivity index (χ1n) is 5.44. The van der Waals surface area contributed by atoms with Crippen LogP contribution in [0.4, 0.5) is 5.69 Å². The van der Waals surface area contributed by atoms with Crippen LogP contribution in [0.2, 0.25) is 0 Å². The molecule has 0 fully saturated rings. The summed E-state index contributed by atoms with van der Waals surface area (Å²) in [6.45, 7) is 7.93. The zero-order valence-corrected chi connectivity index (χ0v) is 9.96. The molecule has 0 N–H and O–H groups in total. The average Bonchev–Trinajstić information content (AvgIpc) is 2.28. The van der Waals surface area contributed by atoms with E-state index in [-0.39, 0.29) is 0 Å². The van der Waals surface area contributed by atoms with E-state index >= 15 is 0 Å². The van der Waals surface area contributed by atoms with Gasteiger partial charge in [-0.1, -0.05) is 31.4 Å². The first kappa shape index (κ1) is 10.7. The second kappa shape index (κ2) is 4.01. The van der Waals surface area contributed by atoms with Crippen molar-refractivity contribution in [3.63, 3.8) is 0 Å². The van der Waals surface area contributed by atoms with Crippen LogP contribution in [0.25, 0.3) is 5.57 Å². The van der Waals surface area contributed by atoms with Gasteiger partial charge in [0.1, 0.15) is 0 Å². The Morgan fingerprint density at radius 2 is 2.06 bits per heavy atom. The highest BCUT2D eigenvalue weighted by Crippen LogP contribution is 2.31. The SMILES string of the molecule is C=CC1=CC(=C)c2cc(N(C)C)ccc2C1. The summed E-state index contributed by atoms with van der Waals surface area (Å²) in [5.41, 5.74) is 6.15. The Kier molecular flexibility index (Phi) is 2.69. The minimum Gasteiger partial charge on any atom is -0.378 e. The molecule has 0 spiro atoms. The molecule has 0 heterocycles. The van der Waals surface area contributed by atoms with Gasteiger partial charge in [0, 0.05) is 19.8 Å². The van der Waals surface area contributed by atoms with Crippen LogP contribution in [-0.2, 0) is 6.42 Å². The smallest absolute Gasteiger partial charge is 0.0367 e. The van der Waals surface area contributed by atoms with Crippen LogP contribution < -0.4 is 4.90 Å². The highest BCUT2D eigenvalue weighted by molar-refractivity contribution is 5.80. The average molecular weight is 211 g/mol. The van der Waals surface area contributed by atoms with E-state index in [1.807, 2.05) is 6.08 Å². The maximum Gasteiger partial charge on any atom is 0.0367 e. The molecular formula is C15H17N. The molecule has 0 atom stereocenters. The lowest BCUT2D eigenvalue weighted by atomic mass is 9.88. The summed E-state index contributed by atoms with van der Waals surface area (Å²) in [6.07, 6.45) is 4.99. The lowest BCUT2D eigenvalue weighted by molar-refractivity contribution is 1.11. The van der Waals surface area contributed by atoms with E-state index in [0.717, 1.165) is 12.0 Å². The largest absolute Gasteiger partial charge is 0.378 e. The Bertz CT molecular complexity index is 478. The summed E-state index contributed by atoms with van der Waals surface area (Å²) >= 11 is 0. The molecule has 0 radical (unpaired) electrons. The van der Waals surface area contributed by atoms with Crippen molar-refractivity contribution in [3.05, 3.63) is 60.2 Å². The summed E-state index contributed by atoms with van der Waals surface area (Å²) < 4.78 is 0. The lowest BCUT2D eigenvalue weighted by Gasteiger charge is -2.20. The summed E-state index contributed by atoms with van der Waals surface area (Å²) in [6, 6.07) is 6.54. The Morgan fingerprint density at radius 1 is 1.31 bits per heavy atom. The Labute approximate surface area is 97.4 Å². The number of anilines is 1. The molecule has 1 heteroatoms. The predicted octanol–water partition coefficient (Wildman–Crippen LogP) is 3.43. The molecule has 0 bridgehead atoms. The van der Waals surface area contributed by atoms with Crippen LogP contribution in [0.3, 0.4) is 0 Å².